The highest BCUT2D eigenvalue weighted by Gasteiger charge is 2.54. The van der Waals surface area contributed by atoms with Crippen molar-refractivity contribution in [1.82, 2.24) is 9.55 Å². The van der Waals surface area contributed by atoms with E-state index >= 15 is 0 Å². The number of anilines is 1. The van der Waals surface area contributed by atoms with Crippen LogP contribution < -0.4 is 21.8 Å². The summed E-state index contributed by atoms with van der Waals surface area (Å²) in [5, 5.41) is 1.35. The number of nitrogens with two attached hydrogens (primary N) is 2. The van der Waals surface area contributed by atoms with E-state index in [0.717, 1.165) is 0 Å². The van der Waals surface area contributed by atoms with Crippen molar-refractivity contribution in [3.05, 3.63) is 40.8 Å². The lowest BCUT2D eigenvalue weighted by Gasteiger charge is -2.29. The van der Waals surface area contributed by atoms with Crippen molar-refractivity contribution in [2.45, 2.75) is 31.7 Å². The lowest BCUT2D eigenvalue weighted by Crippen LogP contribution is -2.55. The summed E-state index contributed by atoms with van der Waals surface area (Å²) in [5.41, 5.74) is 10.8. The normalized spacial score (nSPS) is 14.4. The third-order valence-electron chi connectivity index (χ3n) is 4.46. The van der Waals surface area contributed by atoms with Gasteiger partial charge in [0.15, 0.2) is 0 Å². The van der Waals surface area contributed by atoms with E-state index in [4.69, 9.17) is 11.5 Å². The molecule has 6 nitrogen and oxygen atoms in total. The molecule has 4 N–H and O–H groups in total. The van der Waals surface area contributed by atoms with Gasteiger partial charge in [-0.1, -0.05) is 13.3 Å². The first-order valence-corrected chi connectivity index (χ1v) is 8.30. The third kappa shape index (κ3) is 3.08. The number of fused-ring (bicyclic) bond motifs is 3. The van der Waals surface area contributed by atoms with Crippen LogP contribution >= 0.6 is 0 Å². The van der Waals surface area contributed by atoms with E-state index in [-0.39, 0.29) is 23.4 Å². The van der Waals surface area contributed by atoms with Crippen LogP contribution in [0.5, 0.6) is 5.75 Å². The molecule has 0 amide bonds. The molecule has 1 aromatic carbocycles. The lowest BCUT2D eigenvalue weighted by atomic mass is 10.1. The van der Waals surface area contributed by atoms with Gasteiger partial charge < -0.3 is 15.0 Å². The third-order valence-corrected chi connectivity index (χ3v) is 4.46. The summed E-state index contributed by atoms with van der Waals surface area (Å²) in [6, 6.07) is 5.61. The SMILES string of the molecule is CCCC(N)(F)C(F)(F)Oc1ccc2c3ccnc(N)c3c(=O)n(C)c2c1. The van der Waals surface area contributed by atoms with Gasteiger partial charge >= 0.3 is 6.11 Å². The second-order valence-electron chi connectivity index (χ2n) is 6.39. The molecule has 27 heavy (non-hydrogen) atoms. The number of benzene rings is 1. The number of rotatable bonds is 5. The number of nitrogen functional groups attached to an aromatic ring is 1. The van der Waals surface area contributed by atoms with Gasteiger partial charge in [0, 0.05) is 36.5 Å². The van der Waals surface area contributed by atoms with Crippen LogP contribution in [0.2, 0.25) is 0 Å². The summed E-state index contributed by atoms with van der Waals surface area (Å²) in [6.45, 7) is 1.54. The summed E-state index contributed by atoms with van der Waals surface area (Å²) >= 11 is 0. The molecule has 2 aromatic heterocycles. The Hall–Kier alpha value is -2.81. The standard InChI is InChI=1S/C18H19F3N4O2/c1-3-7-17(19,23)18(20,21)27-10-4-5-11-12-6-8-24-15(22)14(12)16(26)25(2)13(11)9-10/h4-6,8-9H,3,7,23H2,1-2H3,(H2,22,24). The quantitative estimate of drug-likeness (QED) is 0.524. The molecule has 0 aliphatic carbocycles. The Balaban J connectivity index is 2.15. The summed E-state index contributed by atoms with van der Waals surface area (Å²) in [4.78, 5) is 16.5. The van der Waals surface area contributed by atoms with Gasteiger partial charge in [-0.05, 0) is 18.2 Å². The molecule has 1 unspecified atom stereocenters. The molecule has 0 spiro atoms. The van der Waals surface area contributed by atoms with Crippen molar-refractivity contribution in [2.24, 2.45) is 12.8 Å². The number of hydrogen-bond acceptors (Lipinski definition) is 5. The number of alkyl halides is 3. The molecule has 9 heteroatoms. The number of aryl methyl sites for hydroxylation is 1. The Labute approximate surface area is 152 Å². The van der Waals surface area contributed by atoms with E-state index in [1.54, 1.807) is 6.07 Å². The number of pyridine rings is 2. The number of ether oxygens (including phenoxy) is 1. The van der Waals surface area contributed by atoms with Gasteiger partial charge in [-0.3, -0.25) is 10.5 Å². The van der Waals surface area contributed by atoms with Gasteiger partial charge in [-0.25, -0.2) is 9.37 Å². The van der Waals surface area contributed by atoms with E-state index in [1.807, 2.05) is 0 Å². The maximum atomic E-state index is 14.1. The average molecular weight is 380 g/mol. The Morgan fingerprint density at radius 2 is 1.93 bits per heavy atom. The van der Waals surface area contributed by atoms with Crippen LogP contribution in [0.1, 0.15) is 19.8 Å². The van der Waals surface area contributed by atoms with Crippen LogP contribution in [0.4, 0.5) is 19.0 Å². The minimum atomic E-state index is -4.24. The van der Waals surface area contributed by atoms with Crippen LogP contribution in [0.15, 0.2) is 35.3 Å². The van der Waals surface area contributed by atoms with Gasteiger partial charge in [0.25, 0.3) is 11.4 Å². The van der Waals surface area contributed by atoms with Crippen molar-refractivity contribution in [1.29, 1.82) is 0 Å². The van der Waals surface area contributed by atoms with Gasteiger partial charge in [0.1, 0.15) is 11.6 Å². The minimum Gasteiger partial charge on any atom is -0.429 e. The molecular formula is C18H19F3N4O2. The van der Waals surface area contributed by atoms with E-state index in [2.05, 4.69) is 9.72 Å². The highest BCUT2D eigenvalue weighted by atomic mass is 19.3. The van der Waals surface area contributed by atoms with Crippen LogP contribution in [0.25, 0.3) is 21.7 Å². The average Bonchev–Trinajstić information content (AvgIpc) is 2.59. The molecule has 3 rings (SSSR count). The second-order valence-corrected chi connectivity index (χ2v) is 6.39. The van der Waals surface area contributed by atoms with E-state index in [9.17, 15) is 18.0 Å². The Morgan fingerprint density at radius 3 is 2.59 bits per heavy atom. The van der Waals surface area contributed by atoms with Gasteiger partial charge in [0.2, 0.25) is 0 Å². The zero-order valence-corrected chi connectivity index (χ0v) is 14.8. The summed E-state index contributed by atoms with van der Waals surface area (Å²) in [6.07, 6.45) is -3.23. The molecular weight excluding hydrogens is 361 g/mol. The Bertz CT molecular complexity index is 1080. The molecule has 1 atom stereocenters. The summed E-state index contributed by atoms with van der Waals surface area (Å²) in [7, 11) is 1.47. The predicted molar refractivity (Wildman–Crippen MR) is 97.4 cm³/mol. The lowest BCUT2D eigenvalue weighted by molar-refractivity contribution is -0.264. The van der Waals surface area contributed by atoms with Crippen molar-refractivity contribution >= 4 is 27.5 Å². The molecule has 0 saturated heterocycles. The van der Waals surface area contributed by atoms with Crippen molar-refractivity contribution < 1.29 is 17.9 Å². The fraction of sp³-hybridized carbons (Fsp3) is 0.333. The monoisotopic (exact) mass is 380 g/mol. The van der Waals surface area contributed by atoms with Crippen LogP contribution in [-0.2, 0) is 7.05 Å². The van der Waals surface area contributed by atoms with Gasteiger partial charge in [0.05, 0.1) is 10.9 Å². The Kier molecular flexibility index (Phi) is 4.51. The molecule has 0 radical (unpaired) electrons. The van der Waals surface area contributed by atoms with Crippen molar-refractivity contribution in [2.75, 3.05) is 5.73 Å². The minimum absolute atomic E-state index is 0.0757. The highest BCUT2D eigenvalue weighted by Crippen LogP contribution is 2.36. The summed E-state index contributed by atoms with van der Waals surface area (Å²) in [5.74, 6) is -3.55. The first-order valence-electron chi connectivity index (χ1n) is 8.30. The van der Waals surface area contributed by atoms with Crippen LogP contribution in [-0.4, -0.2) is 21.5 Å². The molecule has 2 heterocycles. The van der Waals surface area contributed by atoms with Gasteiger partial charge in [-0.2, -0.15) is 8.78 Å². The molecule has 144 valence electrons. The van der Waals surface area contributed by atoms with Crippen molar-refractivity contribution in [3.8, 4) is 5.75 Å². The molecule has 0 fully saturated rings. The fourth-order valence-electron chi connectivity index (χ4n) is 3.03. The Morgan fingerprint density at radius 1 is 1.22 bits per heavy atom. The maximum absolute atomic E-state index is 14.1. The number of aromatic nitrogens is 2. The molecule has 0 bridgehead atoms. The zero-order valence-electron chi connectivity index (χ0n) is 14.8. The predicted octanol–water partition coefficient (Wildman–Crippen LogP) is 3.07. The molecule has 0 aliphatic heterocycles. The first kappa shape index (κ1) is 19.0. The topological polar surface area (TPSA) is 96.2 Å². The van der Waals surface area contributed by atoms with E-state index in [1.165, 1.54) is 42.9 Å². The fourth-order valence-corrected chi connectivity index (χ4v) is 3.03. The van der Waals surface area contributed by atoms with E-state index < -0.39 is 23.9 Å². The number of nitrogens with zero attached hydrogens (tertiary/aromatic N) is 2. The first-order chi connectivity index (χ1) is 12.6. The maximum Gasteiger partial charge on any atom is 0.446 e. The number of hydrogen-bond donors (Lipinski definition) is 2. The van der Waals surface area contributed by atoms with Crippen LogP contribution in [0.3, 0.4) is 0 Å². The zero-order chi connectivity index (χ0) is 20.0. The van der Waals surface area contributed by atoms with Crippen LogP contribution in [0, 0.1) is 0 Å². The molecule has 0 saturated carbocycles. The van der Waals surface area contributed by atoms with Gasteiger partial charge in [-0.15, -0.1) is 0 Å². The largest absolute Gasteiger partial charge is 0.446 e. The smallest absolute Gasteiger partial charge is 0.429 e. The molecule has 0 aliphatic rings. The number of halogens is 3. The molecule has 3 aromatic rings. The second kappa shape index (κ2) is 6.41. The highest BCUT2D eigenvalue weighted by molar-refractivity contribution is 6.08. The van der Waals surface area contributed by atoms with Crippen molar-refractivity contribution in [3.63, 3.8) is 0 Å². The van der Waals surface area contributed by atoms with E-state index in [0.29, 0.717) is 16.3 Å². The summed E-state index contributed by atoms with van der Waals surface area (Å²) < 4.78 is 48.2.